The van der Waals surface area contributed by atoms with E-state index >= 15 is 0 Å². The van der Waals surface area contributed by atoms with E-state index < -0.39 is 0 Å². The SMILES string of the molecule is Cc1ccccc1NC(=O)CSc1nc(-c2ccccc2)cn1-c1ccccc1F. The fourth-order valence-corrected chi connectivity index (χ4v) is 3.85. The topological polar surface area (TPSA) is 46.9 Å². The summed E-state index contributed by atoms with van der Waals surface area (Å²) < 4.78 is 16.2. The number of para-hydroxylation sites is 2. The highest BCUT2D eigenvalue weighted by atomic mass is 32.2. The minimum absolute atomic E-state index is 0.140. The van der Waals surface area contributed by atoms with E-state index in [1.807, 2.05) is 61.5 Å². The van der Waals surface area contributed by atoms with Gasteiger partial charge in [-0.05, 0) is 30.7 Å². The number of halogens is 1. The zero-order valence-corrected chi connectivity index (χ0v) is 17.2. The normalized spacial score (nSPS) is 10.7. The average Bonchev–Trinajstić information content (AvgIpc) is 3.19. The van der Waals surface area contributed by atoms with Gasteiger partial charge in [-0.15, -0.1) is 0 Å². The predicted molar refractivity (Wildman–Crippen MR) is 119 cm³/mol. The lowest BCUT2D eigenvalue weighted by atomic mass is 10.2. The van der Waals surface area contributed by atoms with Crippen molar-refractivity contribution in [2.24, 2.45) is 0 Å². The standard InChI is InChI=1S/C24H20FN3OS/c1-17-9-5-7-13-20(17)26-23(29)16-30-24-27-21(18-10-3-2-4-11-18)15-28(24)22-14-8-6-12-19(22)25/h2-15H,16H2,1H3,(H,26,29). The fraction of sp³-hybridized carbons (Fsp3) is 0.0833. The van der Waals surface area contributed by atoms with Crippen LogP contribution >= 0.6 is 11.8 Å². The Morgan fingerprint density at radius 3 is 2.47 bits per heavy atom. The Morgan fingerprint density at radius 1 is 1.00 bits per heavy atom. The zero-order chi connectivity index (χ0) is 20.9. The molecule has 1 amide bonds. The van der Waals surface area contributed by atoms with Crippen LogP contribution in [0.2, 0.25) is 0 Å². The molecule has 4 nitrogen and oxygen atoms in total. The highest BCUT2D eigenvalue weighted by Crippen LogP contribution is 2.28. The molecule has 0 aliphatic heterocycles. The summed E-state index contributed by atoms with van der Waals surface area (Å²) in [5.41, 5.74) is 3.83. The van der Waals surface area contributed by atoms with Gasteiger partial charge in [-0.25, -0.2) is 9.37 Å². The maximum absolute atomic E-state index is 14.5. The Balaban J connectivity index is 1.60. The highest BCUT2D eigenvalue weighted by Gasteiger charge is 2.16. The molecule has 6 heteroatoms. The molecular weight excluding hydrogens is 397 g/mol. The van der Waals surface area contributed by atoms with Crippen LogP contribution in [0.15, 0.2) is 90.2 Å². The van der Waals surface area contributed by atoms with Crippen molar-refractivity contribution in [3.63, 3.8) is 0 Å². The summed E-state index contributed by atoms with van der Waals surface area (Å²) in [6.07, 6.45) is 1.80. The van der Waals surface area contributed by atoms with Crippen LogP contribution in [0, 0.1) is 12.7 Å². The van der Waals surface area contributed by atoms with E-state index in [-0.39, 0.29) is 17.5 Å². The average molecular weight is 418 g/mol. The van der Waals surface area contributed by atoms with E-state index in [2.05, 4.69) is 10.3 Å². The number of rotatable bonds is 6. The van der Waals surface area contributed by atoms with E-state index in [0.29, 0.717) is 10.8 Å². The van der Waals surface area contributed by atoms with Crippen molar-refractivity contribution in [2.75, 3.05) is 11.1 Å². The van der Waals surface area contributed by atoms with Crippen LogP contribution in [-0.2, 0) is 4.79 Å². The van der Waals surface area contributed by atoms with Gasteiger partial charge in [-0.2, -0.15) is 0 Å². The molecule has 4 aromatic rings. The van der Waals surface area contributed by atoms with Crippen LogP contribution in [0.4, 0.5) is 10.1 Å². The number of carbonyl (C=O) groups is 1. The van der Waals surface area contributed by atoms with Gasteiger partial charge in [0.25, 0.3) is 0 Å². The van der Waals surface area contributed by atoms with Gasteiger partial charge in [0.1, 0.15) is 5.82 Å². The molecule has 3 aromatic carbocycles. The van der Waals surface area contributed by atoms with Gasteiger partial charge in [-0.1, -0.05) is 72.4 Å². The lowest BCUT2D eigenvalue weighted by Crippen LogP contribution is -2.15. The lowest BCUT2D eigenvalue weighted by molar-refractivity contribution is -0.113. The second-order valence-corrected chi connectivity index (χ2v) is 7.69. The zero-order valence-electron chi connectivity index (χ0n) is 16.4. The largest absolute Gasteiger partial charge is 0.325 e. The summed E-state index contributed by atoms with van der Waals surface area (Å²) in [5, 5.41) is 3.47. The number of thioether (sulfide) groups is 1. The monoisotopic (exact) mass is 417 g/mol. The first-order chi connectivity index (χ1) is 14.6. The summed E-state index contributed by atoms with van der Waals surface area (Å²) >= 11 is 1.27. The van der Waals surface area contributed by atoms with Crippen molar-refractivity contribution in [3.05, 3.63) is 96.4 Å². The van der Waals surface area contributed by atoms with E-state index in [1.165, 1.54) is 17.8 Å². The van der Waals surface area contributed by atoms with Crippen LogP contribution < -0.4 is 5.32 Å². The first-order valence-corrected chi connectivity index (χ1v) is 10.5. The lowest BCUT2D eigenvalue weighted by Gasteiger charge is -2.09. The summed E-state index contributed by atoms with van der Waals surface area (Å²) in [7, 11) is 0. The molecule has 0 fully saturated rings. The van der Waals surface area contributed by atoms with Gasteiger partial charge in [-0.3, -0.25) is 9.36 Å². The molecule has 1 N–H and O–H groups in total. The molecule has 0 aliphatic rings. The number of carbonyl (C=O) groups excluding carboxylic acids is 1. The molecule has 0 saturated carbocycles. The number of anilines is 1. The van der Waals surface area contributed by atoms with Gasteiger partial charge in [0, 0.05) is 17.4 Å². The number of hydrogen-bond acceptors (Lipinski definition) is 3. The first-order valence-electron chi connectivity index (χ1n) is 9.50. The highest BCUT2D eigenvalue weighted by molar-refractivity contribution is 7.99. The van der Waals surface area contributed by atoms with Crippen LogP contribution in [0.5, 0.6) is 0 Å². The predicted octanol–water partition coefficient (Wildman–Crippen LogP) is 5.72. The minimum Gasteiger partial charge on any atom is -0.325 e. The number of nitrogens with zero attached hydrogens (tertiary/aromatic N) is 2. The summed E-state index contributed by atoms with van der Waals surface area (Å²) in [6.45, 7) is 1.94. The van der Waals surface area contributed by atoms with Gasteiger partial charge in [0.2, 0.25) is 5.91 Å². The minimum atomic E-state index is -0.347. The van der Waals surface area contributed by atoms with Gasteiger partial charge in [0.15, 0.2) is 5.16 Å². The molecule has 4 rings (SSSR count). The Kier molecular flexibility index (Phi) is 5.95. The second-order valence-electron chi connectivity index (χ2n) is 6.75. The Morgan fingerprint density at radius 2 is 1.70 bits per heavy atom. The van der Waals surface area contributed by atoms with Crippen molar-refractivity contribution < 1.29 is 9.18 Å². The molecule has 30 heavy (non-hydrogen) atoms. The van der Waals surface area contributed by atoms with Crippen molar-refractivity contribution in [3.8, 4) is 16.9 Å². The smallest absolute Gasteiger partial charge is 0.234 e. The third-order valence-electron chi connectivity index (χ3n) is 4.61. The molecule has 0 aliphatic carbocycles. The number of aryl methyl sites for hydroxylation is 1. The Hall–Kier alpha value is -3.38. The fourth-order valence-electron chi connectivity index (χ4n) is 3.06. The third-order valence-corrected chi connectivity index (χ3v) is 5.56. The van der Waals surface area contributed by atoms with Crippen LogP contribution in [-0.4, -0.2) is 21.2 Å². The van der Waals surface area contributed by atoms with Crippen molar-refractivity contribution >= 4 is 23.4 Å². The summed E-state index contributed by atoms with van der Waals surface area (Å²) in [5.74, 6) is -0.326. The van der Waals surface area contributed by atoms with E-state index in [0.717, 1.165) is 22.5 Å². The van der Waals surface area contributed by atoms with Gasteiger partial charge >= 0.3 is 0 Å². The number of benzene rings is 3. The summed E-state index contributed by atoms with van der Waals surface area (Å²) in [4.78, 5) is 17.2. The van der Waals surface area contributed by atoms with Gasteiger partial charge in [0.05, 0.1) is 17.1 Å². The molecule has 0 unspecified atom stereocenters. The van der Waals surface area contributed by atoms with E-state index in [1.54, 1.807) is 29.0 Å². The van der Waals surface area contributed by atoms with Gasteiger partial charge < -0.3 is 5.32 Å². The van der Waals surface area contributed by atoms with Crippen LogP contribution in [0.1, 0.15) is 5.56 Å². The number of amides is 1. The summed E-state index contributed by atoms with van der Waals surface area (Å²) in [6, 6.07) is 23.9. The van der Waals surface area contributed by atoms with Crippen LogP contribution in [0.3, 0.4) is 0 Å². The number of imidazole rings is 1. The number of nitrogens with one attached hydrogen (secondary N) is 1. The van der Waals surface area contributed by atoms with Crippen molar-refractivity contribution in [2.45, 2.75) is 12.1 Å². The first kappa shape index (κ1) is 19.9. The quantitative estimate of drug-likeness (QED) is 0.408. The van der Waals surface area contributed by atoms with E-state index in [4.69, 9.17) is 0 Å². The molecule has 1 heterocycles. The van der Waals surface area contributed by atoms with Crippen molar-refractivity contribution in [1.82, 2.24) is 9.55 Å². The molecule has 0 bridgehead atoms. The Labute approximate surface area is 178 Å². The maximum atomic E-state index is 14.5. The molecule has 0 atom stereocenters. The molecule has 150 valence electrons. The third kappa shape index (κ3) is 4.44. The van der Waals surface area contributed by atoms with Crippen LogP contribution in [0.25, 0.3) is 16.9 Å². The number of aromatic nitrogens is 2. The maximum Gasteiger partial charge on any atom is 0.234 e. The molecule has 0 spiro atoms. The molecular formula is C24H20FN3OS. The molecule has 0 radical (unpaired) electrons. The Bertz CT molecular complexity index is 1170. The second kappa shape index (κ2) is 8.97. The molecule has 1 aromatic heterocycles. The number of hydrogen-bond donors (Lipinski definition) is 1. The van der Waals surface area contributed by atoms with E-state index in [9.17, 15) is 9.18 Å². The van der Waals surface area contributed by atoms with Crippen molar-refractivity contribution in [1.29, 1.82) is 0 Å². The molecule has 0 saturated heterocycles.